The van der Waals surface area contributed by atoms with Crippen molar-refractivity contribution in [3.63, 3.8) is 0 Å². The van der Waals surface area contributed by atoms with Crippen molar-refractivity contribution >= 4 is 27.7 Å². The van der Waals surface area contributed by atoms with E-state index >= 15 is 0 Å². The first-order valence-electron chi connectivity index (χ1n) is 9.90. The van der Waals surface area contributed by atoms with Crippen LogP contribution in [0.15, 0.2) is 68.7 Å². The molecule has 2 heterocycles. The standard InChI is InChI=1S/C22H22BrN5OS/c1-2-6-19-24-20(29-27-19)15-30-22-26-25-21(17-9-11-18(23)12-10-17)28(22)14-13-16-7-4-3-5-8-16/h3-5,7-12H,2,6,13-15H2,1H3. The molecular formula is C22H22BrN5OS. The van der Waals surface area contributed by atoms with Gasteiger partial charge in [-0.05, 0) is 30.5 Å². The van der Waals surface area contributed by atoms with Gasteiger partial charge < -0.3 is 9.09 Å². The highest BCUT2D eigenvalue weighted by Gasteiger charge is 2.16. The van der Waals surface area contributed by atoms with Crippen LogP contribution in [0.25, 0.3) is 11.4 Å². The van der Waals surface area contributed by atoms with Crippen LogP contribution >= 0.6 is 27.7 Å². The third-order valence-corrected chi connectivity index (χ3v) is 6.07. The molecule has 0 aliphatic carbocycles. The molecule has 0 bridgehead atoms. The van der Waals surface area contributed by atoms with E-state index in [1.165, 1.54) is 5.56 Å². The van der Waals surface area contributed by atoms with E-state index in [9.17, 15) is 0 Å². The fourth-order valence-electron chi connectivity index (χ4n) is 3.10. The Hall–Kier alpha value is -2.45. The van der Waals surface area contributed by atoms with Crippen LogP contribution in [0, 0.1) is 0 Å². The number of hydrogen-bond donors (Lipinski definition) is 0. The van der Waals surface area contributed by atoms with E-state index in [0.29, 0.717) is 11.6 Å². The van der Waals surface area contributed by atoms with Crippen LogP contribution in [0.3, 0.4) is 0 Å². The first kappa shape index (κ1) is 20.8. The summed E-state index contributed by atoms with van der Waals surface area (Å²) in [5.41, 5.74) is 2.32. The topological polar surface area (TPSA) is 69.6 Å². The van der Waals surface area contributed by atoms with Gasteiger partial charge in [-0.2, -0.15) is 4.98 Å². The molecule has 0 fully saturated rings. The first-order chi connectivity index (χ1) is 14.7. The molecule has 8 heteroatoms. The van der Waals surface area contributed by atoms with E-state index < -0.39 is 0 Å². The van der Waals surface area contributed by atoms with E-state index in [1.807, 2.05) is 18.2 Å². The second-order valence-corrected chi connectivity index (χ2v) is 8.70. The molecule has 4 rings (SSSR count). The molecule has 4 aromatic rings. The summed E-state index contributed by atoms with van der Waals surface area (Å²) in [6.07, 6.45) is 2.72. The van der Waals surface area contributed by atoms with E-state index in [1.54, 1.807) is 11.8 Å². The van der Waals surface area contributed by atoms with Gasteiger partial charge >= 0.3 is 0 Å². The number of hydrogen-bond acceptors (Lipinski definition) is 6. The van der Waals surface area contributed by atoms with Crippen LogP contribution in [0.2, 0.25) is 0 Å². The number of aromatic nitrogens is 5. The SMILES string of the molecule is CCCc1noc(CSc2nnc(-c3ccc(Br)cc3)n2CCc2ccccc2)n1. The molecule has 0 amide bonds. The molecule has 0 aliphatic heterocycles. The molecule has 2 aromatic heterocycles. The number of halogens is 1. The average molecular weight is 484 g/mol. The van der Waals surface area contributed by atoms with E-state index in [0.717, 1.165) is 52.6 Å². The lowest BCUT2D eigenvalue weighted by atomic mass is 10.1. The summed E-state index contributed by atoms with van der Waals surface area (Å²) in [5, 5.41) is 13.8. The highest BCUT2D eigenvalue weighted by atomic mass is 79.9. The fraction of sp³-hybridized carbons (Fsp3) is 0.273. The van der Waals surface area contributed by atoms with Crippen molar-refractivity contribution in [1.82, 2.24) is 24.9 Å². The average Bonchev–Trinajstić information content (AvgIpc) is 3.39. The van der Waals surface area contributed by atoms with Crippen molar-refractivity contribution in [2.24, 2.45) is 0 Å². The summed E-state index contributed by atoms with van der Waals surface area (Å²) < 4.78 is 8.58. The second kappa shape index (κ2) is 10.0. The number of rotatable bonds is 9. The predicted octanol–water partition coefficient (Wildman–Crippen LogP) is 5.58. The van der Waals surface area contributed by atoms with Gasteiger partial charge in [0.25, 0.3) is 0 Å². The summed E-state index contributed by atoms with van der Waals surface area (Å²) in [6, 6.07) is 18.6. The van der Waals surface area contributed by atoms with E-state index in [-0.39, 0.29) is 0 Å². The zero-order valence-corrected chi connectivity index (χ0v) is 19.1. The summed E-state index contributed by atoms with van der Waals surface area (Å²) in [7, 11) is 0. The Bertz CT molecular complexity index is 1080. The van der Waals surface area contributed by atoms with Gasteiger partial charge in [0, 0.05) is 23.0 Å². The zero-order valence-electron chi connectivity index (χ0n) is 16.7. The van der Waals surface area contributed by atoms with Crippen molar-refractivity contribution < 1.29 is 4.52 Å². The molecule has 6 nitrogen and oxygen atoms in total. The summed E-state index contributed by atoms with van der Waals surface area (Å²) in [4.78, 5) is 4.45. The third kappa shape index (κ3) is 5.17. The van der Waals surface area contributed by atoms with Gasteiger partial charge in [-0.15, -0.1) is 10.2 Å². The lowest BCUT2D eigenvalue weighted by molar-refractivity contribution is 0.384. The highest BCUT2D eigenvalue weighted by Crippen LogP contribution is 2.27. The van der Waals surface area contributed by atoms with Crippen LogP contribution < -0.4 is 0 Å². The maximum atomic E-state index is 5.37. The van der Waals surface area contributed by atoms with Gasteiger partial charge in [0.2, 0.25) is 5.89 Å². The van der Waals surface area contributed by atoms with Crippen molar-refractivity contribution in [2.75, 3.05) is 0 Å². The van der Waals surface area contributed by atoms with Crippen LogP contribution in [-0.4, -0.2) is 24.9 Å². The van der Waals surface area contributed by atoms with Crippen LogP contribution in [0.5, 0.6) is 0 Å². The molecule has 0 N–H and O–H groups in total. The maximum absolute atomic E-state index is 5.37. The van der Waals surface area contributed by atoms with E-state index in [4.69, 9.17) is 4.52 Å². The monoisotopic (exact) mass is 483 g/mol. The lowest BCUT2D eigenvalue weighted by Gasteiger charge is -2.10. The van der Waals surface area contributed by atoms with Gasteiger partial charge in [-0.1, -0.05) is 82.2 Å². The molecule has 0 saturated heterocycles. The number of nitrogens with zero attached hydrogens (tertiary/aromatic N) is 5. The molecule has 30 heavy (non-hydrogen) atoms. The Kier molecular flexibility index (Phi) is 6.96. The quantitative estimate of drug-likeness (QED) is 0.289. The molecule has 2 aromatic carbocycles. The van der Waals surface area contributed by atoms with Gasteiger partial charge in [-0.3, -0.25) is 0 Å². The van der Waals surface area contributed by atoms with Gasteiger partial charge in [0.05, 0.1) is 5.75 Å². The van der Waals surface area contributed by atoms with Gasteiger partial charge in [0.15, 0.2) is 16.8 Å². The normalized spacial score (nSPS) is 11.1. The van der Waals surface area contributed by atoms with Crippen molar-refractivity contribution in [3.8, 4) is 11.4 Å². The second-order valence-electron chi connectivity index (χ2n) is 6.84. The summed E-state index contributed by atoms with van der Waals surface area (Å²) in [6.45, 7) is 2.89. The molecule has 0 unspecified atom stereocenters. The number of benzene rings is 2. The molecule has 0 radical (unpaired) electrons. The largest absolute Gasteiger partial charge is 0.338 e. The smallest absolute Gasteiger partial charge is 0.237 e. The fourth-order valence-corrected chi connectivity index (χ4v) is 4.16. The van der Waals surface area contributed by atoms with Gasteiger partial charge in [0.1, 0.15) is 0 Å². The first-order valence-corrected chi connectivity index (χ1v) is 11.7. The van der Waals surface area contributed by atoms with Crippen molar-refractivity contribution in [1.29, 1.82) is 0 Å². The maximum Gasteiger partial charge on any atom is 0.237 e. The molecule has 0 atom stereocenters. The number of aryl methyl sites for hydroxylation is 2. The minimum absolute atomic E-state index is 0.570. The minimum Gasteiger partial charge on any atom is -0.338 e. The predicted molar refractivity (Wildman–Crippen MR) is 121 cm³/mol. The third-order valence-electron chi connectivity index (χ3n) is 4.59. The molecular weight excluding hydrogens is 462 g/mol. The molecule has 0 aliphatic rings. The Morgan fingerprint density at radius 2 is 1.80 bits per heavy atom. The molecule has 0 saturated carbocycles. The zero-order chi connectivity index (χ0) is 20.8. The summed E-state index contributed by atoms with van der Waals surface area (Å²) >= 11 is 5.07. The Morgan fingerprint density at radius 3 is 2.57 bits per heavy atom. The lowest BCUT2D eigenvalue weighted by Crippen LogP contribution is -2.05. The minimum atomic E-state index is 0.570. The van der Waals surface area contributed by atoms with Gasteiger partial charge in [-0.25, -0.2) is 0 Å². The molecule has 154 valence electrons. The number of thioether (sulfide) groups is 1. The van der Waals surface area contributed by atoms with Crippen LogP contribution in [-0.2, 0) is 25.1 Å². The highest BCUT2D eigenvalue weighted by molar-refractivity contribution is 9.10. The Balaban J connectivity index is 1.55. The summed E-state index contributed by atoms with van der Waals surface area (Å²) in [5.74, 6) is 2.80. The van der Waals surface area contributed by atoms with E-state index in [2.05, 4.69) is 84.2 Å². The van der Waals surface area contributed by atoms with Crippen molar-refractivity contribution in [2.45, 2.75) is 43.6 Å². The Morgan fingerprint density at radius 1 is 1.00 bits per heavy atom. The van der Waals surface area contributed by atoms with Crippen LogP contribution in [0.4, 0.5) is 0 Å². The Labute approximate surface area is 188 Å². The molecule has 0 spiro atoms. The van der Waals surface area contributed by atoms with Crippen LogP contribution in [0.1, 0.15) is 30.6 Å². The van der Waals surface area contributed by atoms with Crippen molar-refractivity contribution in [3.05, 3.63) is 76.3 Å².